The van der Waals surface area contributed by atoms with Gasteiger partial charge >= 0.3 is 11.9 Å². The van der Waals surface area contributed by atoms with Crippen molar-refractivity contribution in [3.8, 4) is 11.1 Å². The van der Waals surface area contributed by atoms with Crippen LogP contribution in [0, 0.1) is 6.92 Å². The van der Waals surface area contributed by atoms with E-state index in [-0.39, 0.29) is 39.0 Å². The Morgan fingerprint density at radius 1 is 0.837 bits per heavy atom. The summed E-state index contributed by atoms with van der Waals surface area (Å²) in [7, 11) is -1.95. The molecule has 10 heteroatoms. The van der Waals surface area contributed by atoms with Gasteiger partial charge in [-0.25, -0.2) is 18.0 Å². The number of carbonyl (C=O) groups is 2. The van der Waals surface area contributed by atoms with Gasteiger partial charge in [0, 0.05) is 15.4 Å². The number of fused-ring (bicyclic) bond motifs is 1. The number of rotatable bonds is 7. The number of pyridine rings is 1. The average Bonchev–Trinajstić information content (AvgIpc) is 3.01. The topological polar surface area (TPSA) is 109 Å². The summed E-state index contributed by atoms with van der Waals surface area (Å²) in [5.74, 6) is -1.65. The first-order chi connectivity index (χ1) is 20.6. The third kappa shape index (κ3) is 5.63. The molecule has 8 nitrogen and oxygen atoms in total. The molecule has 43 heavy (non-hydrogen) atoms. The molecular formula is C33H26BrNO7S. The highest BCUT2D eigenvalue weighted by Gasteiger charge is 2.30. The number of benzene rings is 4. The minimum atomic E-state index is -4.32. The summed E-state index contributed by atoms with van der Waals surface area (Å²) < 4.78 is 40.2. The number of aromatic nitrogens is 1. The largest absolute Gasteiger partial charge is 0.465 e. The minimum absolute atomic E-state index is 0.00854. The lowest BCUT2D eigenvalue weighted by Crippen LogP contribution is -2.28. The number of sulfone groups is 1. The van der Waals surface area contributed by atoms with Crippen LogP contribution in [0.4, 0.5) is 0 Å². The van der Waals surface area contributed by atoms with Gasteiger partial charge in [-0.3, -0.25) is 4.79 Å². The van der Waals surface area contributed by atoms with E-state index in [4.69, 9.17) is 9.47 Å². The first-order valence-corrected chi connectivity index (χ1v) is 15.4. The molecule has 1 heterocycles. The molecule has 0 fully saturated rings. The average molecular weight is 661 g/mol. The summed E-state index contributed by atoms with van der Waals surface area (Å²) in [6.45, 7) is 1.82. The molecule has 0 radical (unpaired) electrons. The van der Waals surface area contributed by atoms with E-state index in [0.29, 0.717) is 5.56 Å². The molecule has 0 bridgehead atoms. The number of methoxy groups -OCH3 is 2. The van der Waals surface area contributed by atoms with Crippen molar-refractivity contribution in [1.29, 1.82) is 0 Å². The smallest absolute Gasteiger partial charge is 0.339 e. The molecule has 0 atom stereocenters. The zero-order chi connectivity index (χ0) is 30.9. The van der Waals surface area contributed by atoms with E-state index in [2.05, 4.69) is 15.9 Å². The molecule has 0 aliphatic heterocycles. The van der Waals surface area contributed by atoms with Gasteiger partial charge in [0.2, 0.25) is 9.84 Å². The van der Waals surface area contributed by atoms with Crippen molar-refractivity contribution in [2.45, 2.75) is 23.3 Å². The van der Waals surface area contributed by atoms with Crippen molar-refractivity contribution < 1.29 is 27.5 Å². The van der Waals surface area contributed by atoms with Crippen LogP contribution in [0.1, 0.15) is 31.8 Å². The van der Waals surface area contributed by atoms with Gasteiger partial charge in [0.15, 0.2) is 0 Å². The van der Waals surface area contributed by atoms with Crippen molar-refractivity contribution in [2.75, 3.05) is 14.2 Å². The summed E-state index contributed by atoms with van der Waals surface area (Å²) in [5, 5.41) is 0.261. The van der Waals surface area contributed by atoms with Crippen LogP contribution in [0.25, 0.3) is 22.0 Å². The quantitative estimate of drug-likeness (QED) is 0.192. The summed E-state index contributed by atoms with van der Waals surface area (Å²) in [4.78, 5) is 40.1. The standard InChI is InChI=1S/C33H26BrNO7S/c1-20-9-15-24(16-10-20)43(39,40)28-18-25-27(35(31(28)36)19-21-7-5-4-6-8-21)17-26(32(37)41-2)30(33(38)42-3)29(25)22-11-13-23(34)14-12-22/h4-18H,19H2,1-3H3. The van der Waals surface area contributed by atoms with Crippen molar-refractivity contribution >= 4 is 48.6 Å². The highest BCUT2D eigenvalue weighted by molar-refractivity contribution is 9.10. The molecule has 0 aliphatic rings. The fourth-order valence-electron chi connectivity index (χ4n) is 4.95. The number of hydrogen-bond acceptors (Lipinski definition) is 7. The second kappa shape index (κ2) is 12.0. The number of carbonyl (C=O) groups excluding carboxylic acids is 2. The Hall–Kier alpha value is -4.54. The van der Waals surface area contributed by atoms with E-state index in [1.54, 1.807) is 60.7 Å². The van der Waals surface area contributed by atoms with Gasteiger partial charge in [-0.05, 0) is 54.4 Å². The predicted octanol–water partition coefficient (Wildman–Crippen LogP) is 6.19. The van der Waals surface area contributed by atoms with Gasteiger partial charge in [-0.2, -0.15) is 0 Å². The Balaban J connectivity index is 2.00. The SMILES string of the molecule is COC(=O)c1cc2c(cc(S(=O)(=O)c3ccc(C)cc3)c(=O)n2Cc2ccccc2)c(-c2ccc(Br)cc2)c1C(=O)OC. The lowest BCUT2D eigenvalue weighted by Gasteiger charge is -2.20. The monoisotopic (exact) mass is 659 g/mol. The van der Waals surface area contributed by atoms with Crippen LogP contribution in [-0.4, -0.2) is 39.1 Å². The van der Waals surface area contributed by atoms with Crippen LogP contribution in [0.2, 0.25) is 0 Å². The number of ether oxygens (including phenoxy) is 2. The zero-order valence-electron chi connectivity index (χ0n) is 23.5. The van der Waals surface area contributed by atoms with E-state index in [1.807, 2.05) is 13.0 Å². The lowest BCUT2D eigenvalue weighted by molar-refractivity contribution is 0.0556. The Morgan fingerprint density at radius 3 is 2.07 bits per heavy atom. The van der Waals surface area contributed by atoms with Gasteiger partial charge in [0.25, 0.3) is 5.56 Å². The summed E-state index contributed by atoms with van der Waals surface area (Å²) in [5.41, 5.74) is 1.50. The lowest BCUT2D eigenvalue weighted by atomic mass is 9.91. The second-order valence-electron chi connectivity index (χ2n) is 9.80. The van der Waals surface area contributed by atoms with Crippen LogP contribution in [0.15, 0.2) is 110 Å². The predicted molar refractivity (Wildman–Crippen MR) is 166 cm³/mol. The van der Waals surface area contributed by atoms with E-state index in [9.17, 15) is 22.8 Å². The Kier molecular flexibility index (Phi) is 8.34. The van der Waals surface area contributed by atoms with E-state index >= 15 is 0 Å². The molecule has 0 unspecified atom stereocenters. The van der Waals surface area contributed by atoms with Crippen molar-refractivity contribution in [1.82, 2.24) is 4.57 Å². The fourth-order valence-corrected chi connectivity index (χ4v) is 6.58. The second-order valence-corrected chi connectivity index (χ2v) is 12.6. The van der Waals surface area contributed by atoms with E-state index < -0.39 is 32.2 Å². The molecule has 1 aromatic heterocycles. The molecule has 0 amide bonds. The maximum atomic E-state index is 14.2. The molecule has 4 aromatic carbocycles. The van der Waals surface area contributed by atoms with E-state index in [0.717, 1.165) is 15.6 Å². The minimum Gasteiger partial charge on any atom is -0.465 e. The molecular weight excluding hydrogens is 634 g/mol. The van der Waals surface area contributed by atoms with Crippen molar-refractivity contribution in [3.63, 3.8) is 0 Å². The van der Waals surface area contributed by atoms with Crippen LogP contribution < -0.4 is 5.56 Å². The Bertz CT molecular complexity index is 2040. The summed E-state index contributed by atoms with van der Waals surface area (Å²) in [6, 6.07) is 24.8. The van der Waals surface area contributed by atoms with Gasteiger partial charge in [0.1, 0.15) is 4.90 Å². The van der Waals surface area contributed by atoms with Crippen LogP contribution in [-0.2, 0) is 25.9 Å². The van der Waals surface area contributed by atoms with Gasteiger partial charge in [0.05, 0.1) is 42.3 Å². The number of aryl methyl sites for hydroxylation is 1. The molecule has 0 spiro atoms. The Labute approximate surface area is 256 Å². The van der Waals surface area contributed by atoms with E-state index in [1.165, 1.54) is 43.1 Å². The normalized spacial score (nSPS) is 11.3. The molecule has 0 N–H and O–H groups in total. The molecule has 0 aliphatic carbocycles. The molecule has 5 aromatic rings. The number of hydrogen-bond donors (Lipinski definition) is 0. The highest BCUT2D eigenvalue weighted by Crippen LogP contribution is 2.37. The number of esters is 2. The maximum Gasteiger partial charge on any atom is 0.339 e. The Morgan fingerprint density at radius 2 is 1.47 bits per heavy atom. The molecule has 5 rings (SSSR count). The van der Waals surface area contributed by atoms with Crippen LogP contribution in [0.5, 0.6) is 0 Å². The molecule has 0 saturated carbocycles. The first kappa shape index (κ1) is 29.9. The van der Waals surface area contributed by atoms with Gasteiger partial charge in [-0.15, -0.1) is 0 Å². The van der Waals surface area contributed by atoms with Crippen LogP contribution >= 0.6 is 15.9 Å². The highest BCUT2D eigenvalue weighted by atomic mass is 79.9. The first-order valence-electron chi connectivity index (χ1n) is 13.1. The molecule has 218 valence electrons. The van der Waals surface area contributed by atoms with Crippen molar-refractivity contribution in [3.05, 3.63) is 128 Å². The fraction of sp³-hybridized carbons (Fsp3) is 0.121. The third-order valence-electron chi connectivity index (χ3n) is 7.10. The van der Waals surface area contributed by atoms with Crippen molar-refractivity contribution in [2.24, 2.45) is 0 Å². The number of nitrogens with zero attached hydrogens (tertiary/aromatic N) is 1. The summed E-state index contributed by atoms with van der Waals surface area (Å²) in [6.07, 6.45) is 0. The van der Waals surface area contributed by atoms with Crippen LogP contribution in [0.3, 0.4) is 0 Å². The third-order valence-corrected chi connectivity index (χ3v) is 9.39. The number of halogens is 1. The maximum absolute atomic E-state index is 14.2. The molecule has 0 saturated heterocycles. The summed E-state index contributed by atoms with van der Waals surface area (Å²) >= 11 is 3.41. The van der Waals surface area contributed by atoms with Gasteiger partial charge in [-0.1, -0.05) is 76.1 Å². The zero-order valence-corrected chi connectivity index (χ0v) is 25.9. The van der Waals surface area contributed by atoms with Gasteiger partial charge < -0.3 is 14.0 Å².